The summed E-state index contributed by atoms with van der Waals surface area (Å²) >= 11 is 4.04. The van der Waals surface area contributed by atoms with E-state index in [0.717, 1.165) is 9.55 Å². The second-order valence-electron chi connectivity index (χ2n) is 6.71. The number of thioether (sulfide) groups is 2. The van der Waals surface area contributed by atoms with Gasteiger partial charge in [-0.25, -0.2) is 14.3 Å². The number of carbonyl (C=O) groups excluding carboxylic acids is 2. The van der Waals surface area contributed by atoms with Crippen LogP contribution < -0.4 is 16.8 Å². The van der Waals surface area contributed by atoms with Gasteiger partial charge >= 0.3 is 11.7 Å². The average molecular weight is 480 g/mol. The predicted molar refractivity (Wildman–Crippen MR) is 117 cm³/mol. The molecule has 10 nitrogen and oxygen atoms in total. The molecule has 2 amide bonds. The van der Waals surface area contributed by atoms with Gasteiger partial charge in [-0.3, -0.25) is 14.5 Å². The largest absolute Gasteiger partial charge is 0.477 e. The smallest absolute Gasteiger partial charge is 0.366 e. The lowest BCUT2D eigenvalue weighted by molar-refractivity contribution is -0.150. The zero-order valence-electron chi connectivity index (χ0n) is 15.9. The fraction of sp³-hybridized carbons (Fsp3) is 0.278. The van der Waals surface area contributed by atoms with E-state index in [4.69, 9.17) is 5.84 Å². The number of fused-ring (bicyclic) bond motifs is 1. The number of thiophene rings is 1. The molecule has 2 atom stereocenters. The Labute approximate surface area is 188 Å². The molecule has 162 valence electrons. The van der Waals surface area contributed by atoms with Gasteiger partial charge in [-0.05, 0) is 23.1 Å². The third-order valence-electron chi connectivity index (χ3n) is 4.68. The fourth-order valence-electron chi connectivity index (χ4n) is 3.23. The Bertz CT molecular complexity index is 1130. The van der Waals surface area contributed by atoms with E-state index in [9.17, 15) is 24.3 Å². The number of hydrogen-bond donors (Lipinski definition) is 3. The van der Waals surface area contributed by atoms with Crippen molar-refractivity contribution in [2.24, 2.45) is 0 Å². The van der Waals surface area contributed by atoms with Crippen molar-refractivity contribution >= 4 is 52.6 Å². The van der Waals surface area contributed by atoms with Crippen molar-refractivity contribution in [1.82, 2.24) is 19.9 Å². The van der Waals surface area contributed by atoms with E-state index in [-0.39, 0.29) is 23.8 Å². The van der Waals surface area contributed by atoms with Gasteiger partial charge in [0.25, 0.3) is 5.91 Å². The summed E-state index contributed by atoms with van der Waals surface area (Å²) in [6, 6.07) is 4.49. The third kappa shape index (κ3) is 4.34. The highest BCUT2D eigenvalue weighted by Crippen LogP contribution is 2.41. The number of amides is 2. The monoisotopic (exact) mass is 479 g/mol. The Morgan fingerprint density at radius 1 is 1.35 bits per heavy atom. The van der Waals surface area contributed by atoms with E-state index in [1.54, 1.807) is 6.07 Å². The number of carboxylic acid groups (broad SMARTS) is 1. The summed E-state index contributed by atoms with van der Waals surface area (Å²) in [4.78, 5) is 54.3. The third-order valence-corrected chi connectivity index (χ3v) is 7.91. The van der Waals surface area contributed by atoms with Gasteiger partial charge in [0.1, 0.15) is 22.1 Å². The van der Waals surface area contributed by atoms with Crippen molar-refractivity contribution in [3.05, 3.63) is 56.4 Å². The van der Waals surface area contributed by atoms with Crippen molar-refractivity contribution in [3.8, 4) is 0 Å². The van der Waals surface area contributed by atoms with Crippen molar-refractivity contribution in [1.29, 1.82) is 0 Å². The van der Waals surface area contributed by atoms with Gasteiger partial charge in [-0.2, -0.15) is 4.98 Å². The first kappa shape index (κ1) is 21.5. The standard InChI is InChI=1S/C18H17N5O5S3/c19-22-4-3-12(21-18(22)28)30-7-9-8-31-16-13(15(25)23(16)14(9)17(26)27)20-11(24)6-10-2-1-5-29-10/h1-5,13,16H,6-8,19H2,(H,20,24)(H,26,27)/t13-,16+/m1/s1. The Morgan fingerprint density at radius 2 is 2.16 bits per heavy atom. The van der Waals surface area contributed by atoms with Crippen LogP contribution in [0.5, 0.6) is 0 Å². The van der Waals surface area contributed by atoms with Crippen LogP contribution in [0, 0.1) is 0 Å². The highest BCUT2D eigenvalue weighted by atomic mass is 32.2. The molecule has 1 saturated heterocycles. The number of nitrogens with two attached hydrogens (primary N) is 1. The lowest BCUT2D eigenvalue weighted by atomic mass is 10.0. The summed E-state index contributed by atoms with van der Waals surface area (Å²) in [5.74, 6) is 4.11. The maximum absolute atomic E-state index is 12.7. The van der Waals surface area contributed by atoms with E-state index in [0.29, 0.717) is 16.4 Å². The second kappa shape index (κ2) is 8.77. The first-order chi connectivity index (χ1) is 14.8. The Balaban J connectivity index is 1.45. The molecular formula is C18H17N5O5S3. The molecule has 4 N–H and O–H groups in total. The summed E-state index contributed by atoms with van der Waals surface area (Å²) in [6.45, 7) is 0. The van der Waals surface area contributed by atoms with Crippen molar-refractivity contribution < 1.29 is 19.5 Å². The van der Waals surface area contributed by atoms with Crippen LogP contribution in [0.15, 0.2) is 50.9 Å². The molecular weight excluding hydrogens is 462 g/mol. The summed E-state index contributed by atoms with van der Waals surface area (Å²) in [6.07, 6.45) is 1.55. The van der Waals surface area contributed by atoms with Crippen molar-refractivity contribution in [2.75, 3.05) is 17.3 Å². The van der Waals surface area contributed by atoms with Gasteiger partial charge in [0.2, 0.25) is 5.91 Å². The van der Waals surface area contributed by atoms with E-state index in [2.05, 4.69) is 10.3 Å². The SMILES string of the molecule is Nn1ccc(SCC2=C(C(=O)O)N3C(=O)[C@@H](NC(=O)Cc4cccs4)[C@@H]3SC2)nc1=O. The lowest BCUT2D eigenvalue weighted by Gasteiger charge is -2.49. The summed E-state index contributed by atoms with van der Waals surface area (Å²) in [7, 11) is 0. The van der Waals surface area contributed by atoms with Gasteiger partial charge in [-0.1, -0.05) is 6.07 Å². The second-order valence-corrected chi connectivity index (χ2v) is 9.85. The summed E-state index contributed by atoms with van der Waals surface area (Å²) in [5.41, 5.74) is -0.138. The number of carboxylic acids is 1. The predicted octanol–water partition coefficient (Wildman–Crippen LogP) is 0.0920. The molecule has 0 radical (unpaired) electrons. The van der Waals surface area contributed by atoms with Crippen LogP contribution in [0.2, 0.25) is 0 Å². The fourth-order valence-corrected chi connectivity index (χ4v) is 6.27. The van der Waals surface area contributed by atoms with Crippen LogP contribution in [0.25, 0.3) is 0 Å². The van der Waals surface area contributed by atoms with E-state index < -0.39 is 29.0 Å². The number of carbonyl (C=O) groups is 3. The molecule has 13 heteroatoms. The zero-order chi connectivity index (χ0) is 22.1. The molecule has 4 heterocycles. The Kier molecular flexibility index (Phi) is 6.07. The van der Waals surface area contributed by atoms with Crippen molar-refractivity contribution in [2.45, 2.75) is 22.9 Å². The van der Waals surface area contributed by atoms with Gasteiger partial charge in [0, 0.05) is 22.6 Å². The van der Waals surface area contributed by atoms with Gasteiger partial charge in [-0.15, -0.1) is 34.9 Å². The van der Waals surface area contributed by atoms with E-state index in [1.807, 2.05) is 17.5 Å². The van der Waals surface area contributed by atoms with Crippen LogP contribution >= 0.6 is 34.9 Å². The van der Waals surface area contributed by atoms with Crippen LogP contribution in [0.1, 0.15) is 4.88 Å². The number of aliphatic carboxylic acids is 1. The molecule has 2 aliphatic rings. The number of rotatable bonds is 7. The number of nitrogens with one attached hydrogen (secondary N) is 1. The lowest BCUT2D eigenvalue weighted by Crippen LogP contribution is -2.70. The van der Waals surface area contributed by atoms with Gasteiger partial charge in [0.15, 0.2) is 0 Å². The Hall–Kier alpha value is -2.77. The molecule has 2 aromatic rings. The quantitative estimate of drug-likeness (QED) is 0.217. The Morgan fingerprint density at radius 3 is 2.84 bits per heavy atom. The first-order valence-corrected chi connectivity index (χ1v) is 12.0. The number of nitrogens with zero attached hydrogens (tertiary/aromatic N) is 3. The van der Waals surface area contributed by atoms with Crippen LogP contribution in [-0.4, -0.2) is 60.4 Å². The molecule has 0 spiro atoms. The first-order valence-electron chi connectivity index (χ1n) is 9.04. The van der Waals surface area contributed by atoms with Crippen LogP contribution in [0.3, 0.4) is 0 Å². The van der Waals surface area contributed by atoms with E-state index in [1.165, 1.54) is 46.0 Å². The summed E-state index contributed by atoms with van der Waals surface area (Å²) < 4.78 is 0.846. The molecule has 0 saturated carbocycles. The van der Waals surface area contributed by atoms with Crippen LogP contribution in [-0.2, 0) is 20.8 Å². The summed E-state index contributed by atoms with van der Waals surface area (Å²) in [5, 5.41) is 14.3. The molecule has 2 aliphatic heterocycles. The molecule has 0 unspecified atom stereocenters. The number of β-lactam (4-membered cyclic amide) rings is 1. The molecule has 4 rings (SSSR count). The average Bonchev–Trinajstić information content (AvgIpc) is 3.24. The number of nitrogen functional groups attached to an aromatic ring is 1. The normalized spacial score (nSPS) is 20.3. The minimum atomic E-state index is -1.21. The molecule has 31 heavy (non-hydrogen) atoms. The molecule has 0 bridgehead atoms. The molecule has 0 aromatic carbocycles. The molecule has 1 fully saturated rings. The highest BCUT2D eigenvalue weighted by molar-refractivity contribution is 8.01. The van der Waals surface area contributed by atoms with Crippen LogP contribution in [0.4, 0.5) is 0 Å². The zero-order valence-corrected chi connectivity index (χ0v) is 18.3. The van der Waals surface area contributed by atoms with Gasteiger partial charge < -0.3 is 16.3 Å². The van der Waals surface area contributed by atoms with Gasteiger partial charge in [0.05, 0.1) is 6.42 Å². The molecule has 0 aliphatic carbocycles. The number of hydrogen-bond acceptors (Lipinski definition) is 9. The highest BCUT2D eigenvalue weighted by Gasteiger charge is 2.54. The maximum Gasteiger partial charge on any atom is 0.366 e. The molecule has 2 aromatic heterocycles. The maximum atomic E-state index is 12.7. The minimum absolute atomic E-state index is 0.0721. The van der Waals surface area contributed by atoms with E-state index >= 15 is 0 Å². The topological polar surface area (TPSA) is 148 Å². The van der Waals surface area contributed by atoms with Crippen molar-refractivity contribution in [3.63, 3.8) is 0 Å². The minimum Gasteiger partial charge on any atom is -0.477 e. The number of aromatic nitrogens is 2.